The first-order valence-electron chi connectivity index (χ1n) is 9.69. The van der Waals surface area contributed by atoms with Crippen molar-refractivity contribution in [3.8, 4) is 0 Å². The van der Waals surface area contributed by atoms with E-state index in [1.807, 2.05) is 20.8 Å². The lowest BCUT2D eigenvalue weighted by atomic mass is 9.72. The van der Waals surface area contributed by atoms with Gasteiger partial charge in [-0.05, 0) is 65.2 Å². The number of carbonyl (C=O) groups is 2. The van der Waals surface area contributed by atoms with Crippen molar-refractivity contribution in [3.63, 3.8) is 0 Å². The molecule has 0 spiro atoms. The van der Waals surface area contributed by atoms with Crippen LogP contribution in [0.15, 0.2) is 0 Å². The van der Waals surface area contributed by atoms with Crippen molar-refractivity contribution < 1.29 is 14.3 Å². The molecule has 0 N–H and O–H groups in total. The van der Waals surface area contributed by atoms with Gasteiger partial charge in [0, 0.05) is 30.8 Å². The van der Waals surface area contributed by atoms with Crippen LogP contribution >= 0.6 is 0 Å². The lowest BCUT2D eigenvalue weighted by Gasteiger charge is -2.31. The van der Waals surface area contributed by atoms with E-state index in [4.69, 9.17) is 4.74 Å². The summed E-state index contributed by atoms with van der Waals surface area (Å²) in [6.45, 7) is 12.9. The van der Waals surface area contributed by atoms with Crippen molar-refractivity contribution in [2.75, 3.05) is 6.61 Å². The summed E-state index contributed by atoms with van der Waals surface area (Å²) in [4.78, 5) is 24.5. The zero-order valence-electron chi connectivity index (χ0n) is 16.7. The van der Waals surface area contributed by atoms with Crippen molar-refractivity contribution in [2.45, 2.75) is 98.5 Å². The summed E-state index contributed by atoms with van der Waals surface area (Å²) in [6, 6.07) is 0. The van der Waals surface area contributed by atoms with Crippen LogP contribution in [0.5, 0.6) is 0 Å². The van der Waals surface area contributed by atoms with Gasteiger partial charge in [-0.15, -0.1) is 0 Å². The molecule has 0 amide bonds. The fourth-order valence-electron chi connectivity index (χ4n) is 3.47. The van der Waals surface area contributed by atoms with E-state index in [0.717, 1.165) is 45.1 Å². The van der Waals surface area contributed by atoms with E-state index in [1.165, 1.54) is 0 Å². The predicted molar refractivity (Wildman–Crippen MR) is 99.1 cm³/mol. The molecule has 1 rings (SSSR count). The van der Waals surface area contributed by atoms with Gasteiger partial charge in [-0.1, -0.05) is 20.8 Å². The Labute approximate surface area is 148 Å². The van der Waals surface area contributed by atoms with Crippen LogP contribution in [0.25, 0.3) is 0 Å². The number of hydrogen-bond donors (Lipinski definition) is 0. The van der Waals surface area contributed by atoms with Gasteiger partial charge in [-0.25, -0.2) is 0 Å². The molecule has 24 heavy (non-hydrogen) atoms. The van der Waals surface area contributed by atoms with Crippen LogP contribution in [-0.4, -0.2) is 23.8 Å². The second-order valence-electron chi connectivity index (χ2n) is 9.49. The summed E-state index contributed by atoms with van der Waals surface area (Å²) >= 11 is 0. The Balaban J connectivity index is 2.18. The molecule has 0 bridgehead atoms. The molecule has 1 fully saturated rings. The number of carbonyl (C=O) groups excluding carboxylic acids is 2. The third kappa shape index (κ3) is 8.41. The van der Waals surface area contributed by atoms with Crippen molar-refractivity contribution in [3.05, 3.63) is 0 Å². The predicted octanol–water partition coefficient (Wildman–Crippen LogP) is 5.35. The molecule has 3 nitrogen and oxygen atoms in total. The molecule has 3 heteroatoms. The van der Waals surface area contributed by atoms with Gasteiger partial charge in [0.25, 0.3) is 0 Å². The molecule has 0 aromatic heterocycles. The van der Waals surface area contributed by atoms with Gasteiger partial charge in [0.2, 0.25) is 0 Å². The van der Waals surface area contributed by atoms with Crippen LogP contribution in [0.3, 0.4) is 0 Å². The molecule has 1 aliphatic rings. The normalized spacial score (nSPS) is 22.4. The fourth-order valence-corrected chi connectivity index (χ4v) is 3.47. The van der Waals surface area contributed by atoms with E-state index in [-0.39, 0.29) is 16.9 Å². The molecular formula is C21H38O3. The average molecular weight is 339 g/mol. The second-order valence-corrected chi connectivity index (χ2v) is 9.49. The molecule has 0 radical (unpaired) electrons. The van der Waals surface area contributed by atoms with Crippen LogP contribution < -0.4 is 0 Å². The van der Waals surface area contributed by atoms with Crippen LogP contribution in [0.4, 0.5) is 0 Å². The summed E-state index contributed by atoms with van der Waals surface area (Å²) < 4.78 is 5.68. The monoisotopic (exact) mass is 338 g/mol. The first-order chi connectivity index (χ1) is 11.0. The summed E-state index contributed by atoms with van der Waals surface area (Å²) in [5.74, 6) is 1.49. The topological polar surface area (TPSA) is 43.4 Å². The maximum Gasteiger partial charge on any atom is 0.141 e. The van der Waals surface area contributed by atoms with Gasteiger partial charge < -0.3 is 4.74 Å². The molecule has 0 aromatic rings. The molecule has 0 saturated heterocycles. The van der Waals surface area contributed by atoms with Crippen molar-refractivity contribution in [1.29, 1.82) is 0 Å². The van der Waals surface area contributed by atoms with Crippen LogP contribution in [-0.2, 0) is 14.3 Å². The van der Waals surface area contributed by atoms with E-state index >= 15 is 0 Å². The largest absolute Gasteiger partial charge is 0.376 e. The van der Waals surface area contributed by atoms with Gasteiger partial charge in [0.1, 0.15) is 11.6 Å². The number of unbranched alkanes of at least 4 members (excludes halogenated alkanes) is 1. The molecule has 0 heterocycles. The molecule has 1 aliphatic carbocycles. The summed E-state index contributed by atoms with van der Waals surface area (Å²) in [5, 5.41) is 0. The first-order valence-corrected chi connectivity index (χ1v) is 9.69. The van der Waals surface area contributed by atoms with Crippen molar-refractivity contribution in [2.24, 2.45) is 17.3 Å². The molecular weight excluding hydrogens is 300 g/mol. The SMILES string of the molecule is CC(C)(C)OCCCCC(=O)CC1CCC(C(=O)C(C)(C)C)CC1. The minimum atomic E-state index is -0.234. The molecule has 140 valence electrons. The second kappa shape index (κ2) is 9.12. The highest BCUT2D eigenvalue weighted by Crippen LogP contribution is 2.35. The quantitative estimate of drug-likeness (QED) is 0.560. The number of ketones is 2. The van der Waals surface area contributed by atoms with Crippen molar-refractivity contribution in [1.82, 2.24) is 0 Å². The highest BCUT2D eigenvalue weighted by atomic mass is 16.5. The van der Waals surface area contributed by atoms with E-state index in [9.17, 15) is 9.59 Å². The van der Waals surface area contributed by atoms with E-state index in [0.29, 0.717) is 30.3 Å². The Bertz CT molecular complexity index is 404. The summed E-state index contributed by atoms with van der Waals surface area (Å²) in [6.07, 6.45) is 7.26. The molecule has 0 atom stereocenters. The fraction of sp³-hybridized carbons (Fsp3) is 0.905. The first kappa shape index (κ1) is 21.3. The van der Waals surface area contributed by atoms with E-state index in [2.05, 4.69) is 20.8 Å². The number of rotatable bonds is 8. The Morgan fingerprint density at radius 1 is 0.917 bits per heavy atom. The number of ether oxygens (including phenoxy) is 1. The third-order valence-electron chi connectivity index (χ3n) is 4.86. The average Bonchev–Trinajstić information content (AvgIpc) is 2.44. The van der Waals surface area contributed by atoms with Gasteiger partial charge in [-0.2, -0.15) is 0 Å². The summed E-state index contributed by atoms with van der Waals surface area (Å²) in [7, 11) is 0. The van der Waals surface area contributed by atoms with Gasteiger partial charge in [0.15, 0.2) is 0 Å². The standard InChI is InChI=1S/C21H38O3/c1-20(2,3)19(23)17-12-10-16(11-13-17)15-18(22)9-7-8-14-24-21(4,5)6/h16-17H,7-15H2,1-6H3. The molecule has 0 aliphatic heterocycles. The van der Waals surface area contributed by atoms with E-state index < -0.39 is 0 Å². The van der Waals surface area contributed by atoms with Crippen LogP contribution in [0, 0.1) is 17.3 Å². The smallest absolute Gasteiger partial charge is 0.141 e. The minimum Gasteiger partial charge on any atom is -0.376 e. The lowest BCUT2D eigenvalue weighted by molar-refractivity contribution is -0.131. The minimum absolute atomic E-state index is 0.0901. The van der Waals surface area contributed by atoms with Gasteiger partial charge in [0.05, 0.1) is 5.60 Å². The number of hydrogen-bond acceptors (Lipinski definition) is 3. The van der Waals surface area contributed by atoms with Gasteiger partial charge in [-0.3, -0.25) is 9.59 Å². The highest BCUT2D eigenvalue weighted by Gasteiger charge is 2.33. The zero-order chi connectivity index (χ0) is 18.4. The maximum absolute atomic E-state index is 12.3. The Morgan fingerprint density at radius 3 is 2.00 bits per heavy atom. The molecule has 0 unspecified atom stereocenters. The molecule has 0 aromatic carbocycles. The zero-order valence-corrected chi connectivity index (χ0v) is 16.7. The molecule has 1 saturated carbocycles. The number of Topliss-reactive ketones (excluding diaryl/α,β-unsaturated/α-hetero) is 2. The highest BCUT2D eigenvalue weighted by molar-refractivity contribution is 5.86. The van der Waals surface area contributed by atoms with Gasteiger partial charge >= 0.3 is 0 Å². The van der Waals surface area contributed by atoms with E-state index in [1.54, 1.807) is 0 Å². The van der Waals surface area contributed by atoms with Crippen LogP contribution in [0.1, 0.15) is 92.9 Å². The lowest BCUT2D eigenvalue weighted by Crippen LogP contribution is -2.31. The maximum atomic E-state index is 12.3. The Kier molecular flexibility index (Phi) is 8.11. The summed E-state index contributed by atoms with van der Waals surface area (Å²) in [5.41, 5.74) is -0.324. The van der Waals surface area contributed by atoms with Crippen molar-refractivity contribution >= 4 is 11.6 Å². The third-order valence-corrected chi connectivity index (χ3v) is 4.86. The Morgan fingerprint density at radius 2 is 1.50 bits per heavy atom. The Hall–Kier alpha value is -0.700. The van der Waals surface area contributed by atoms with Crippen LogP contribution in [0.2, 0.25) is 0 Å².